The van der Waals surface area contributed by atoms with E-state index in [0.29, 0.717) is 5.92 Å². The lowest BCUT2D eigenvalue weighted by atomic mass is 9.86. The first-order valence-electron chi connectivity index (χ1n) is 6.25. The third kappa shape index (κ3) is 1.38. The van der Waals surface area contributed by atoms with Gasteiger partial charge in [0.25, 0.3) is 0 Å². The number of aromatic amines is 1. The molecule has 1 aliphatic heterocycles. The molecule has 0 unspecified atom stereocenters. The van der Waals surface area contributed by atoms with Gasteiger partial charge in [0, 0.05) is 11.6 Å². The minimum atomic E-state index is -0.472. The van der Waals surface area contributed by atoms with Crippen LogP contribution in [0.3, 0.4) is 0 Å². The number of hydrogen-bond donors (Lipinski definition) is 2. The molecule has 0 saturated heterocycles. The fraction of sp³-hybridized carbons (Fsp3) is 0.429. The van der Waals surface area contributed by atoms with E-state index < -0.39 is 5.41 Å². The standard InChI is InChI=1S/C14H17N3O/c1-7(2)12-15-10-5-8-9(6-11(10)16-12)17-13(18)14(8,3)4/h5-7H,1-4H3,(H,15,16)(H,17,18). The Balaban J connectivity index is 2.23. The average molecular weight is 243 g/mol. The molecule has 0 fully saturated rings. The van der Waals surface area contributed by atoms with Crippen molar-refractivity contribution in [2.24, 2.45) is 0 Å². The molecule has 0 saturated carbocycles. The van der Waals surface area contributed by atoms with E-state index in [9.17, 15) is 4.79 Å². The van der Waals surface area contributed by atoms with Crippen molar-refractivity contribution in [2.45, 2.75) is 39.0 Å². The van der Waals surface area contributed by atoms with Gasteiger partial charge in [0.1, 0.15) is 5.82 Å². The summed E-state index contributed by atoms with van der Waals surface area (Å²) in [6.07, 6.45) is 0. The van der Waals surface area contributed by atoms with E-state index in [1.54, 1.807) is 0 Å². The molecule has 2 N–H and O–H groups in total. The molecule has 0 aliphatic carbocycles. The maximum Gasteiger partial charge on any atom is 0.234 e. The quantitative estimate of drug-likeness (QED) is 0.809. The topological polar surface area (TPSA) is 57.8 Å². The number of H-pyrrole nitrogens is 1. The predicted molar refractivity (Wildman–Crippen MR) is 71.8 cm³/mol. The molecule has 1 amide bonds. The summed E-state index contributed by atoms with van der Waals surface area (Å²) < 4.78 is 0. The number of fused-ring (bicyclic) bond motifs is 2. The van der Waals surface area contributed by atoms with Crippen LogP contribution in [-0.4, -0.2) is 15.9 Å². The highest BCUT2D eigenvalue weighted by Gasteiger charge is 2.38. The maximum atomic E-state index is 11.9. The first-order chi connectivity index (χ1) is 8.39. The molecule has 0 spiro atoms. The van der Waals surface area contributed by atoms with Gasteiger partial charge in [-0.3, -0.25) is 4.79 Å². The second kappa shape index (κ2) is 3.34. The zero-order valence-corrected chi connectivity index (χ0v) is 11.1. The number of rotatable bonds is 1. The van der Waals surface area contributed by atoms with Gasteiger partial charge < -0.3 is 10.3 Å². The van der Waals surface area contributed by atoms with Crippen LogP contribution in [0.5, 0.6) is 0 Å². The second-order valence-electron chi connectivity index (χ2n) is 5.77. The van der Waals surface area contributed by atoms with Gasteiger partial charge in [-0.2, -0.15) is 0 Å². The van der Waals surface area contributed by atoms with Crippen LogP contribution >= 0.6 is 0 Å². The number of carbonyl (C=O) groups is 1. The number of anilines is 1. The molecule has 0 bridgehead atoms. The van der Waals surface area contributed by atoms with Gasteiger partial charge in [-0.1, -0.05) is 13.8 Å². The van der Waals surface area contributed by atoms with E-state index in [1.807, 2.05) is 26.0 Å². The number of nitrogens with one attached hydrogen (secondary N) is 2. The van der Waals surface area contributed by atoms with Crippen LogP contribution in [0.4, 0.5) is 5.69 Å². The first kappa shape index (κ1) is 11.3. The Labute approximate surface area is 106 Å². The molecule has 0 radical (unpaired) electrons. The molecule has 1 aromatic carbocycles. The van der Waals surface area contributed by atoms with Gasteiger partial charge in [0.05, 0.1) is 16.4 Å². The summed E-state index contributed by atoms with van der Waals surface area (Å²) in [5, 5.41) is 2.93. The normalized spacial score (nSPS) is 17.3. The summed E-state index contributed by atoms with van der Waals surface area (Å²) >= 11 is 0. The van der Waals surface area contributed by atoms with Crippen LogP contribution in [0, 0.1) is 0 Å². The molecule has 3 rings (SSSR count). The summed E-state index contributed by atoms with van der Waals surface area (Å²) in [4.78, 5) is 19.8. The highest BCUT2D eigenvalue weighted by atomic mass is 16.2. The van der Waals surface area contributed by atoms with Crippen LogP contribution in [0.2, 0.25) is 0 Å². The number of benzene rings is 1. The van der Waals surface area contributed by atoms with Crippen molar-refractivity contribution in [2.75, 3.05) is 5.32 Å². The second-order valence-corrected chi connectivity index (χ2v) is 5.77. The van der Waals surface area contributed by atoms with Crippen LogP contribution in [0.15, 0.2) is 12.1 Å². The number of amides is 1. The lowest BCUT2D eigenvalue weighted by Gasteiger charge is -2.14. The first-order valence-corrected chi connectivity index (χ1v) is 6.25. The zero-order valence-electron chi connectivity index (χ0n) is 11.1. The Morgan fingerprint density at radius 3 is 2.67 bits per heavy atom. The summed E-state index contributed by atoms with van der Waals surface area (Å²) in [5.41, 5.74) is 3.37. The van der Waals surface area contributed by atoms with E-state index in [4.69, 9.17) is 0 Å². The van der Waals surface area contributed by atoms with Crippen molar-refractivity contribution in [3.05, 3.63) is 23.5 Å². The summed E-state index contributed by atoms with van der Waals surface area (Å²) in [6, 6.07) is 4.00. The van der Waals surface area contributed by atoms with Gasteiger partial charge in [0.2, 0.25) is 5.91 Å². The van der Waals surface area contributed by atoms with Crippen molar-refractivity contribution in [3.63, 3.8) is 0 Å². The molecular formula is C14H17N3O. The lowest BCUT2D eigenvalue weighted by molar-refractivity contribution is -0.119. The molecule has 1 aromatic heterocycles. The van der Waals surface area contributed by atoms with E-state index in [0.717, 1.165) is 28.1 Å². The molecule has 18 heavy (non-hydrogen) atoms. The van der Waals surface area contributed by atoms with Crippen molar-refractivity contribution < 1.29 is 4.79 Å². The highest BCUT2D eigenvalue weighted by Crippen LogP contribution is 2.39. The van der Waals surface area contributed by atoms with E-state index in [2.05, 4.69) is 29.1 Å². The van der Waals surface area contributed by atoms with E-state index in [-0.39, 0.29) is 5.91 Å². The molecule has 2 heterocycles. The number of hydrogen-bond acceptors (Lipinski definition) is 2. The molecule has 2 aromatic rings. The minimum Gasteiger partial charge on any atom is -0.342 e. The van der Waals surface area contributed by atoms with Crippen molar-refractivity contribution >= 4 is 22.6 Å². The number of nitrogens with zero attached hydrogens (tertiary/aromatic N) is 1. The fourth-order valence-electron chi connectivity index (χ4n) is 2.37. The van der Waals surface area contributed by atoms with Gasteiger partial charge in [0.15, 0.2) is 0 Å². The number of aromatic nitrogens is 2. The molecule has 94 valence electrons. The monoisotopic (exact) mass is 243 g/mol. The molecule has 4 nitrogen and oxygen atoms in total. The molecule has 0 atom stereocenters. The van der Waals surface area contributed by atoms with Crippen LogP contribution < -0.4 is 5.32 Å². The van der Waals surface area contributed by atoms with Gasteiger partial charge in [-0.15, -0.1) is 0 Å². The Bertz CT molecular complexity index is 652. The van der Waals surface area contributed by atoms with Crippen LogP contribution in [0.1, 0.15) is 45.0 Å². The Hall–Kier alpha value is -1.84. The van der Waals surface area contributed by atoms with Crippen LogP contribution in [-0.2, 0) is 10.2 Å². The predicted octanol–water partition coefficient (Wildman–Crippen LogP) is 2.92. The van der Waals surface area contributed by atoms with Crippen LogP contribution in [0.25, 0.3) is 11.0 Å². The Morgan fingerprint density at radius 2 is 2.00 bits per heavy atom. The molecule has 1 aliphatic rings. The van der Waals surface area contributed by atoms with Crippen molar-refractivity contribution in [1.82, 2.24) is 9.97 Å². The van der Waals surface area contributed by atoms with Crippen molar-refractivity contribution in [3.8, 4) is 0 Å². The fourth-order valence-corrected chi connectivity index (χ4v) is 2.37. The maximum absolute atomic E-state index is 11.9. The summed E-state index contributed by atoms with van der Waals surface area (Å²) in [5.74, 6) is 1.40. The smallest absolute Gasteiger partial charge is 0.234 e. The number of carbonyl (C=O) groups excluding carboxylic acids is 1. The third-order valence-electron chi connectivity index (χ3n) is 3.68. The van der Waals surface area contributed by atoms with Gasteiger partial charge in [-0.25, -0.2) is 4.98 Å². The Kier molecular flexibility index (Phi) is 2.09. The summed E-state index contributed by atoms with van der Waals surface area (Å²) in [6.45, 7) is 8.10. The molecular weight excluding hydrogens is 226 g/mol. The summed E-state index contributed by atoms with van der Waals surface area (Å²) in [7, 11) is 0. The van der Waals surface area contributed by atoms with Gasteiger partial charge in [-0.05, 0) is 31.5 Å². The third-order valence-corrected chi connectivity index (χ3v) is 3.68. The number of imidazole rings is 1. The minimum absolute atomic E-state index is 0.0502. The van der Waals surface area contributed by atoms with E-state index in [1.165, 1.54) is 0 Å². The SMILES string of the molecule is CC(C)c1nc2cc3c(cc2[nH]1)NC(=O)C3(C)C. The lowest BCUT2D eigenvalue weighted by Crippen LogP contribution is -2.26. The average Bonchev–Trinajstić information content (AvgIpc) is 2.78. The largest absolute Gasteiger partial charge is 0.342 e. The molecule has 4 heteroatoms. The zero-order chi connectivity index (χ0) is 13.1. The van der Waals surface area contributed by atoms with Crippen molar-refractivity contribution in [1.29, 1.82) is 0 Å². The van der Waals surface area contributed by atoms with E-state index >= 15 is 0 Å². The Morgan fingerprint density at radius 1 is 1.28 bits per heavy atom. The van der Waals surface area contributed by atoms with Gasteiger partial charge >= 0.3 is 0 Å². The highest BCUT2D eigenvalue weighted by molar-refractivity contribution is 6.07.